The summed E-state index contributed by atoms with van der Waals surface area (Å²) in [5.41, 5.74) is 24.5. The Balaban J connectivity index is 0.915. The van der Waals surface area contributed by atoms with Crippen LogP contribution in [0, 0.1) is 0 Å². The van der Waals surface area contributed by atoms with Gasteiger partial charge in [0.15, 0.2) is 0 Å². The predicted octanol–water partition coefficient (Wildman–Crippen LogP) is 24.3. The molecule has 0 bridgehead atoms. The normalized spacial score (nSPS) is 15.7. The zero-order valence-corrected chi connectivity index (χ0v) is 52.0. The van der Waals surface area contributed by atoms with Gasteiger partial charge in [-0.15, -0.1) is 0 Å². The molecule has 4 aliphatic rings. The number of fused-ring (bicyclic) bond motifs is 6. The van der Waals surface area contributed by atoms with Gasteiger partial charge in [0.05, 0.1) is 22.2 Å². The molecule has 0 unspecified atom stereocenters. The number of benzene rings is 14. The molecule has 442 valence electrons. The van der Waals surface area contributed by atoms with Crippen molar-refractivity contribution < 1.29 is 0 Å². The Bertz CT molecular complexity index is 4730. The third-order valence-electron chi connectivity index (χ3n) is 22.0. The van der Waals surface area contributed by atoms with Crippen LogP contribution in [-0.2, 0) is 10.8 Å². The van der Waals surface area contributed by atoms with E-state index in [1.54, 1.807) is 0 Å². The van der Waals surface area contributed by atoms with Crippen LogP contribution in [0.15, 0.2) is 303 Å². The SMILES string of the molecule is c1ccc(N(c2ccccc2)c2cc(C3CCCCC3)c3ccc4c(N(c5ccc(C6(c7ccccc7)c7ccccc7-c7ccccc76)cc5)c5ccc(C6(c7ccccc7)c7ccccc7-c7ccccc76)cc5)cc(C5CCCCC5)c5ccc2c3c54)cc1. The van der Waals surface area contributed by atoms with Crippen molar-refractivity contribution in [1.29, 1.82) is 0 Å². The highest BCUT2D eigenvalue weighted by Gasteiger charge is 2.48. The van der Waals surface area contributed by atoms with Crippen LogP contribution >= 0.6 is 0 Å². The summed E-state index contributed by atoms with van der Waals surface area (Å²) >= 11 is 0. The molecule has 92 heavy (non-hydrogen) atoms. The van der Waals surface area contributed by atoms with Gasteiger partial charge < -0.3 is 9.80 Å². The third kappa shape index (κ3) is 8.32. The summed E-state index contributed by atoms with van der Waals surface area (Å²) in [5, 5.41) is 8.18. The molecule has 0 aromatic heterocycles. The summed E-state index contributed by atoms with van der Waals surface area (Å²) in [5.74, 6) is 0.907. The maximum atomic E-state index is 2.66. The van der Waals surface area contributed by atoms with Gasteiger partial charge in [-0.3, -0.25) is 0 Å². The minimum atomic E-state index is -0.526. The molecular formula is C90H72N2. The van der Waals surface area contributed by atoms with E-state index in [9.17, 15) is 0 Å². The second-order valence-corrected chi connectivity index (χ2v) is 26.6. The molecule has 0 atom stereocenters. The molecular weight excluding hydrogens is 1110 g/mol. The third-order valence-corrected chi connectivity index (χ3v) is 22.0. The van der Waals surface area contributed by atoms with Gasteiger partial charge in [0.1, 0.15) is 0 Å². The van der Waals surface area contributed by atoms with Crippen LogP contribution in [0.4, 0.5) is 34.1 Å². The first-order chi connectivity index (χ1) is 45.7. The van der Waals surface area contributed by atoms with Crippen LogP contribution in [0.25, 0.3) is 54.6 Å². The molecule has 0 amide bonds. The van der Waals surface area contributed by atoms with Crippen LogP contribution in [0.2, 0.25) is 0 Å². The van der Waals surface area contributed by atoms with E-state index in [-0.39, 0.29) is 0 Å². The molecule has 14 aromatic carbocycles. The summed E-state index contributed by atoms with van der Waals surface area (Å²) in [6.45, 7) is 0. The first-order valence-corrected chi connectivity index (χ1v) is 33.9. The van der Waals surface area contributed by atoms with Gasteiger partial charge in [-0.25, -0.2) is 0 Å². The molecule has 2 heteroatoms. The number of hydrogen-bond acceptors (Lipinski definition) is 2. The van der Waals surface area contributed by atoms with E-state index in [0.717, 1.165) is 11.4 Å². The van der Waals surface area contributed by atoms with Crippen molar-refractivity contribution in [3.63, 3.8) is 0 Å². The topological polar surface area (TPSA) is 6.48 Å². The molecule has 0 radical (unpaired) electrons. The number of rotatable bonds is 12. The van der Waals surface area contributed by atoms with Crippen LogP contribution in [0.1, 0.15) is 132 Å². The standard InChI is InChI=1S/C90H72N2/c1-7-27-61(28-8-1)79-59-85(91(67-35-15-5-16-36-67)68-37-17-6-18-38-68)77-57-55-76-80(62-29-9-2-10-30-62)60-86(78-58-56-75(79)87(77)88(76)78)92(69-51-47-65(48-52-69)89(63-31-11-3-12-32-63)81-43-23-19-39-71(81)72-40-20-24-44-82(72)89)70-53-49-66(50-54-70)90(64-33-13-4-14-34-64)83-45-25-21-41-73(83)74-42-22-26-46-84(74)90/h3-6,11-26,31-62H,1-2,7-10,27-30H2. The second-order valence-electron chi connectivity index (χ2n) is 26.6. The van der Waals surface area contributed by atoms with E-state index in [1.165, 1.54) is 197 Å². The number of anilines is 6. The largest absolute Gasteiger partial charge is 0.310 e. The Hall–Kier alpha value is -10.3. The summed E-state index contributed by atoms with van der Waals surface area (Å²) in [6, 6.07) is 116. The zero-order valence-electron chi connectivity index (χ0n) is 52.0. The molecule has 4 aliphatic carbocycles. The molecule has 0 aliphatic heterocycles. The predicted molar refractivity (Wildman–Crippen MR) is 386 cm³/mol. The van der Waals surface area contributed by atoms with Crippen molar-refractivity contribution in [3.8, 4) is 22.3 Å². The second kappa shape index (κ2) is 22.3. The highest BCUT2D eigenvalue weighted by Crippen LogP contribution is 2.60. The zero-order chi connectivity index (χ0) is 60.7. The highest BCUT2D eigenvalue weighted by molar-refractivity contribution is 6.29. The van der Waals surface area contributed by atoms with E-state index in [1.807, 2.05) is 0 Å². The average molecular weight is 1180 g/mol. The summed E-state index contributed by atoms with van der Waals surface area (Å²) < 4.78 is 0. The van der Waals surface area contributed by atoms with E-state index in [2.05, 4.69) is 313 Å². The monoisotopic (exact) mass is 1180 g/mol. The van der Waals surface area contributed by atoms with E-state index < -0.39 is 10.8 Å². The number of para-hydroxylation sites is 2. The van der Waals surface area contributed by atoms with E-state index >= 15 is 0 Å². The Morgan fingerprint density at radius 1 is 0.239 bits per heavy atom. The van der Waals surface area contributed by atoms with Crippen LogP contribution in [-0.4, -0.2) is 0 Å². The van der Waals surface area contributed by atoms with Crippen molar-refractivity contribution >= 4 is 66.4 Å². The van der Waals surface area contributed by atoms with Crippen LogP contribution in [0.3, 0.4) is 0 Å². The van der Waals surface area contributed by atoms with Crippen LogP contribution in [0.5, 0.6) is 0 Å². The Kier molecular flexibility index (Phi) is 13.2. The smallest absolute Gasteiger partial charge is 0.0713 e. The maximum absolute atomic E-state index is 2.66. The molecule has 0 saturated heterocycles. The lowest BCUT2D eigenvalue weighted by atomic mass is 9.67. The van der Waals surface area contributed by atoms with Gasteiger partial charge in [0, 0.05) is 33.5 Å². The Morgan fingerprint density at radius 2 is 0.511 bits per heavy atom. The minimum Gasteiger partial charge on any atom is -0.310 e. The molecule has 0 N–H and O–H groups in total. The van der Waals surface area contributed by atoms with E-state index in [4.69, 9.17) is 0 Å². The van der Waals surface area contributed by atoms with Crippen molar-refractivity contribution in [2.75, 3.05) is 9.80 Å². The average Bonchev–Trinajstić information content (AvgIpc) is 1.49. The van der Waals surface area contributed by atoms with E-state index in [0.29, 0.717) is 11.8 Å². The lowest BCUT2D eigenvalue weighted by Gasteiger charge is -2.36. The van der Waals surface area contributed by atoms with Crippen LogP contribution < -0.4 is 9.80 Å². The van der Waals surface area contributed by atoms with Gasteiger partial charge >= 0.3 is 0 Å². The molecule has 2 nitrogen and oxygen atoms in total. The fraction of sp³-hybridized carbons (Fsp3) is 0.156. The fourth-order valence-electron chi connectivity index (χ4n) is 18.0. The molecule has 18 rings (SSSR count). The van der Waals surface area contributed by atoms with Gasteiger partial charge in [0.2, 0.25) is 0 Å². The molecule has 2 fully saturated rings. The van der Waals surface area contributed by atoms with Gasteiger partial charge in [-0.2, -0.15) is 0 Å². The van der Waals surface area contributed by atoms with Gasteiger partial charge in [0.25, 0.3) is 0 Å². The Labute approximate surface area is 541 Å². The molecule has 0 spiro atoms. The lowest BCUT2D eigenvalue weighted by Crippen LogP contribution is -2.28. The van der Waals surface area contributed by atoms with Crippen molar-refractivity contribution in [1.82, 2.24) is 0 Å². The van der Waals surface area contributed by atoms with Crippen molar-refractivity contribution in [3.05, 3.63) is 359 Å². The van der Waals surface area contributed by atoms with Crippen molar-refractivity contribution in [2.24, 2.45) is 0 Å². The minimum absolute atomic E-state index is 0.433. The highest BCUT2D eigenvalue weighted by atomic mass is 15.2. The van der Waals surface area contributed by atoms with Gasteiger partial charge in [-0.05, 0) is 198 Å². The van der Waals surface area contributed by atoms with Crippen molar-refractivity contribution in [2.45, 2.75) is 86.9 Å². The summed E-state index contributed by atoms with van der Waals surface area (Å²) in [7, 11) is 0. The molecule has 0 heterocycles. The van der Waals surface area contributed by atoms with Gasteiger partial charge in [-0.1, -0.05) is 281 Å². The maximum Gasteiger partial charge on any atom is 0.0713 e. The number of nitrogens with zero attached hydrogens (tertiary/aromatic N) is 2. The quantitative estimate of drug-likeness (QED) is 0.113. The molecule has 2 saturated carbocycles. The number of hydrogen-bond donors (Lipinski definition) is 0. The Morgan fingerprint density at radius 3 is 0.848 bits per heavy atom. The first kappa shape index (κ1) is 54.6. The molecule has 14 aromatic rings. The fourth-order valence-corrected chi connectivity index (χ4v) is 18.0. The first-order valence-electron chi connectivity index (χ1n) is 33.9. The summed E-state index contributed by atoms with van der Waals surface area (Å²) in [6.07, 6.45) is 12.4. The summed E-state index contributed by atoms with van der Waals surface area (Å²) in [4.78, 5) is 5.19. The lowest BCUT2D eigenvalue weighted by molar-refractivity contribution is 0.445.